The summed E-state index contributed by atoms with van der Waals surface area (Å²) in [7, 11) is 0. The first kappa shape index (κ1) is 13.0. The summed E-state index contributed by atoms with van der Waals surface area (Å²) in [5.41, 5.74) is 5.43. The van der Waals surface area contributed by atoms with Gasteiger partial charge < -0.3 is 0 Å². The molecule has 1 aliphatic heterocycles. The van der Waals surface area contributed by atoms with Gasteiger partial charge in [-0.3, -0.25) is 0 Å². The van der Waals surface area contributed by atoms with Crippen LogP contribution in [0.2, 0.25) is 0 Å². The van der Waals surface area contributed by atoms with E-state index >= 15 is 0 Å². The van der Waals surface area contributed by atoms with Crippen LogP contribution in [-0.2, 0) is 0 Å². The van der Waals surface area contributed by atoms with E-state index in [1.807, 2.05) is 13.0 Å². The van der Waals surface area contributed by atoms with E-state index in [1.54, 1.807) is 0 Å². The summed E-state index contributed by atoms with van der Waals surface area (Å²) in [6.45, 7) is 6.22. The van der Waals surface area contributed by atoms with E-state index in [4.69, 9.17) is 0 Å². The Morgan fingerprint density at radius 2 is 1.71 bits per heavy atom. The fraction of sp³-hybridized carbons (Fsp3) is 0.0769. The van der Waals surface area contributed by atoms with Gasteiger partial charge in [0.15, 0.2) is 0 Å². The molecule has 4 heteroatoms. The third-order valence-electron chi connectivity index (χ3n) is 2.96. The lowest BCUT2D eigenvalue weighted by Crippen LogP contribution is -2.51. The van der Waals surface area contributed by atoms with Gasteiger partial charge in [-0.05, 0) is 6.92 Å². The second-order valence-corrected chi connectivity index (χ2v) is 5.86. The predicted octanol–water partition coefficient (Wildman–Crippen LogP) is 3.02. The van der Waals surface area contributed by atoms with Crippen molar-refractivity contribution < 1.29 is 0 Å². The van der Waals surface area contributed by atoms with Crippen LogP contribution in [0.15, 0.2) is 60.0 Å². The van der Waals surface area contributed by atoms with Crippen LogP contribution in [0.3, 0.4) is 0 Å². The molecule has 1 heterocycles. The fourth-order valence-corrected chi connectivity index (χ4v) is 3.57. The molecule has 0 fully saturated rings. The molecule has 0 aliphatic carbocycles. The topological polar surface area (TPSA) is 0 Å². The Morgan fingerprint density at radius 1 is 1.12 bits per heavy atom. The first-order chi connectivity index (χ1) is 8.16. The third kappa shape index (κ3) is 2.38. The molecular formula is C13H12B2Br2. The largest absolute Gasteiger partial charge is 0.286 e. The summed E-state index contributed by atoms with van der Waals surface area (Å²) in [4.78, 5) is 0. The van der Waals surface area contributed by atoms with Gasteiger partial charge >= 0.3 is 0 Å². The molecule has 0 aromatic heterocycles. The maximum atomic E-state index is 4.20. The van der Waals surface area contributed by atoms with E-state index in [0.29, 0.717) is 0 Å². The molecule has 0 saturated carbocycles. The molecule has 1 aromatic carbocycles. The molecule has 0 nitrogen and oxygen atoms in total. The molecule has 1 aromatic rings. The van der Waals surface area contributed by atoms with Crippen molar-refractivity contribution >= 4 is 53.5 Å². The lowest BCUT2D eigenvalue weighted by Gasteiger charge is -2.26. The van der Waals surface area contributed by atoms with Crippen molar-refractivity contribution in [1.82, 2.24) is 0 Å². The van der Waals surface area contributed by atoms with Crippen LogP contribution in [0.1, 0.15) is 6.92 Å². The monoisotopic (exact) mass is 348 g/mol. The lowest BCUT2D eigenvalue weighted by atomic mass is 9.41. The van der Waals surface area contributed by atoms with Crippen LogP contribution in [0.25, 0.3) is 0 Å². The summed E-state index contributed by atoms with van der Waals surface area (Å²) in [5.74, 6) is 0. The number of halogens is 2. The molecule has 0 radical (unpaired) electrons. The molecule has 2 rings (SSSR count). The van der Waals surface area contributed by atoms with Crippen molar-refractivity contribution in [2.75, 3.05) is 0 Å². The molecule has 0 bridgehead atoms. The number of rotatable bonds is 1. The van der Waals surface area contributed by atoms with E-state index < -0.39 is 0 Å². The van der Waals surface area contributed by atoms with E-state index in [-0.39, 0.29) is 11.1 Å². The van der Waals surface area contributed by atoms with Gasteiger partial charge in [0.25, 0.3) is 11.1 Å². The Labute approximate surface area is 120 Å². The smallest absolute Gasteiger partial charge is 0.143 e. The number of benzene rings is 1. The van der Waals surface area contributed by atoms with Crippen LogP contribution in [0.4, 0.5) is 0 Å². The molecule has 84 valence electrons. The van der Waals surface area contributed by atoms with Crippen molar-refractivity contribution in [3.05, 3.63) is 60.0 Å². The van der Waals surface area contributed by atoms with Crippen LogP contribution in [0.5, 0.6) is 0 Å². The van der Waals surface area contributed by atoms with Gasteiger partial charge in [-0.1, -0.05) is 64.4 Å². The molecule has 0 spiro atoms. The highest BCUT2D eigenvalue weighted by Crippen LogP contribution is 2.25. The summed E-state index contributed by atoms with van der Waals surface area (Å²) in [6, 6.07) is 8.47. The Morgan fingerprint density at radius 3 is 2.29 bits per heavy atom. The maximum Gasteiger partial charge on any atom is 0.286 e. The first-order valence-corrected chi connectivity index (χ1v) is 7.39. The highest BCUT2D eigenvalue weighted by Gasteiger charge is 2.35. The fourth-order valence-electron chi connectivity index (χ4n) is 2.03. The van der Waals surface area contributed by atoms with Crippen LogP contribution in [0, 0.1) is 0 Å². The Kier molecular flexibility index (Phi) is 4.16. The minimum Gasteiger partial charge on any atom is -0.143 e. The molecule has 0 atom stereocenters. The lowest BCUT2D eigenvalue weighted by molar-refractivity contribution is 1.69. The Bertz CT molecular complexity index is 506. The minimum atomic E-state index is 0.212. The zero-order valence-electron chi connectivity index (χ0n) is 9.66. The summed E-state index contributed by atoms with van der Waals surface area (Å²) in [6.07, 6.45) is 6.22. The zero-order chi connectivity index (χ0) is 12.4. The second-order valence-electron chi connectivity index (χ2n) is 4.03. The molecule has 0 saturated heterocycles. The van der Waals surface area contributed by atoms with Gasteiger partial charge in [0.2, 0.25) is 0 Å². The van der Waals surface area contributed by atoms with Crippen LogP contribution < -0.4 is 10.9 Å². The molecule has 0 unspecified atom stereocenters. The van der Waals surface area contributed by atoms with Crippen LogP contribution in [-0.4, -0.2) is 11.1 Å². The second kappa shape index (κ2) is 5.45. The van der Waals surface area contributed by atoms with E-state index in [0.717, 1.165) is 5.47 Å². The van der Waals surface area contributed by atoms with Gasteiger partial charge in [0, 0.05) is 0 Å². The number of hydrogen-bond acceptors (Lipinski definition) is 0. The van der Waals surface area contributed by atoms with Crippen molar-refractivity contribution in [2.24, 2.45) is 0 Å². The molecule has 0 N–H and O–H groups in total. The summed E-state index contributed by atoms with van der Waals surface area (Å²) in [5, 5.41) is 0. The predicted molar refractivity (Wildman–Crippen MR) is 87.1 cm³/mol. The van der Waals surface area contributed by atoms with Crippen LogP contribution >= 0.6 is 31.5 Å². The van der Waals surface area contributed by atoms with Gasteiger partial charge in [0.1, 0.15) is 0 Å². The van der Waals surface area contributed by atoms with Gasteiger partial charge in [-0.25, -0.2) is 0 Å². The average molecular weight is 350 g/mol. The number of hydrogen-bond donors (Lipinski definition) is 0. The van der Waals surface area contributed by atoms with E-state index in [1.165, 1.54) is 16.4 Å². The summed E-state index contributed by atoms with van der Waals surface area (Å²) >= 11 is 7.49. The van der Waals surface area contributed by atoms with E-state index in [9.17, 15) is 0 Å². The molecule has 0 amide bonds. The average Bonchev–Trinajstić information content (AvgIpc) is 2.36. The number of allylic oxidation sites excluding steroid dienone is 5. The Balaban J connectivity index is 2.54. The molecule has 1 aliphatic rings. The quantitative estimate of drug-likeness (QED) is 0.684. The van der Waals surface area contributed by atoms with Crippen molar-refractivity contribution in [1.29, 1.82) is 0 Å². The van der Waals surface area contributed by atoms with E-state index in [2.05, 4.69) is 74.5 Å². The van der Waals surface area contributed by atoms with Gasteiger partial charge in [-0.2, -0.15) is 0 Å². The zero-order valence-corrected chi connectivity index (χ0v) is 12.8. The van der Waals surface area contributed by atoms with Crippen molar-refractivity contribution in [3.63, 3.8) is 0 Å². The molecular weight excluding hydrogens is 338 g/mol. The van der Waals surface area contributed by atoms with Gasteiger partial charge in [-0.15, -0.1) is 38.1 Å². The van der Waals surface area contributed by atoms with Crippen molar-refractivity contribution in [3.8, 4) is 0 Å². The van der Waals surface area contributed by atoms with Crippen molar-refractivity contribution in [2.45, 2.75) is 6.92 Å². The number of fused-ring (bicyclic) bond motifs is 1. The highest BCUT2D eigenvalue weighted by atomic mass is 79.9. The summed E-state index contributed by atoms with van der Waals surface area (Å²) < 4.78 is 0. The Hall–Kier alpha value is -0.470. The molecule has 17 heavy (non-hydrogen) atoms. The first-order valence-electron chi connectivity index (χ1n) is 5.55. The maximum absolute atomic E-state index is 4.20. The minimum absolute atomic E-state index is 0.212. The van der Waals surface area contributed by atoms with Gasteiger partial charge in [0.05, 0.1) is 0 Å². The standard InChI is InChI=1S/C13H12B2Br2/c1-3-4-7-11-10(2)14(16)12-8-5-6-9-13(12)15(11)17/h3-9H,2H2,1H3. The normalized spacial score (nSPS) is 18.1. The third-order valence-corrected chi connectivity index (χ3v) is 4.99. The highest BCUT2D eigenvalue weighted by molar-refractivity contribution is 9.26. The SMILES string of the molecule is C=C1B(Br)c2ccccc2B(Br)C1=CC=CC.